The Morgan fingerprint density at radius 3 is 2.91 bits per heavy atom. The molecule has 0 unspecified atom stereocenters. The third-order valence-corrected chi connectivity index (χ3v) is 4.44. The first kappa shape index (κ1) is 17.2. The van der Waals surface area contributed by atoms with Crippen LogP contribution in [0.1, 0.15) is 38.3 Å². The van der Waals surface area contributed by atoms with E-state index in [-0.39, 0.29) is 12.2 Å². The van der Waals surface area contributed by atoms with Crippen molar-refractivity contribution in [2.75, 3.05) is 19.7 Å². The van der Waals surface area contributed by atoms with Gasteiger partial charge in [-0.05, 0) is 47.3 Å². The van der Waals surface area contributed by atoms with Crippen LogP contribution in [-0.2, 0) is 16.1 Å². The van der Waals surface area contributed by atoms with Gasteiger partial charge < -0.3 is 14.4 Å². The van der Waals surface area contributed by atoms with Gasteiger partial charge in [0.25, 0.3) is 0 Å². The van der Waals surface area contributed by atoms with Crippen LogP contribution in [0.25, 0.3) is 0 Å². The van der Waals surface area contributed by atoms with Crippen molar-refractivity contribution in [2.45, 2.75) is 45.3 Å². The number of hydrogen-bond acceptors (Lipinski definition) is 4. The number of carbonyl (C=O) groups excluding carboxylic acids is 1. The molecule has 1 fully saturated rings. The van der Waals surface area contributed by atoms with Crippen LogP contribution in [0, 0.1) is 0 Å². The number of aromatic nitrogens is 1. The Morgan fingerprint density at radius 2 is 2.23 bits per heavy atom. The summed E-state index contributed by atoms with van der Waals surface area (Å²) in [6.45, 7) is 4.47. The van der Waals surface area contributed by atoms with Gasteiger partial charge in [0, 0.05) is 23.8 Å². The van der Waals surface area contributed by atoms with Gasteiger partial charge in [-0.2, -0.15) is 0 Å². The molecule has 1 saturated heterocycles. The van der Waals surface area contributed by atoms with Gasteiger partial charge in [-0.15, -0.1) is 0 Å². The third kappa shape index (κ3) is 5.25. The molecular formula is C16H23BrN2O3. The first-order chi connectivity index (χ1) is 10.7. The maximum absolute atomic E-state index is 11.9. The van der Waals surface area contributed by atoms with E-state index in [1.165, 1.54) is 0 Å². The molecule has 0 N–H and O–H groups in total. The van der Waals surface area contributed by atoms with Crippen LogP contribution in [0.15, 0.2) is 22.8 Å². The summed E-state index contributed by atoms with van der Waals surface area (Å²) in [6.07, 6.45) is 5.38. The van der Waals surface area contributed by atoms with E-state index in [0.29, 0.717) is 26.3 Å². The number of hydrogen-bond donors (Lipinski definition) is 0. The van der Waals surface area contributed by atoms with E-state index in [4.69, 9.17) is 9.47 Å². The topological polar surface area (TPSA) is 51.7 Å². The number of rotatable bonds is 6. The van der Waals surface area contributed by atoms with E-state index < -0.39 is 0 Å². The summed E-state index contributed by atoms with van der Waals surface area (Å²) in [6, 6.07) is 3.84. The fourth-order valence-corrected chi connectivity index (χ4v) is 2.69. The second kappa shape index (κ2) is 9.10. The van der Waals surface area contributed by atoms with Gasteiger partial charge in [0.15, 0.2) is 0 Å². The molecule has 0 radical (unpaired) electrons. The molecule has 1 aromatic heterocycles. The van der Waals surface area contributed by atoms with Gasteiger partial charge >= 0.3 is 6.09 Å². The number of unbranched alkanes of at least 4 members (excludes halogenated alkanes) is 1. The molecule has 1 aliphatic heterocycles. The molecule has 2 heterocycles. The third-order valence-electron chi connectivity index (χ3n) is 3.71. The Labute approximate surface area is 140 Å². The fourth-order valence-electron chi connectivity index (χ4n) is 2.32. The largest absolute Gasteiger partial charge is 0.449 e. The highest BCUT2D eigenvalue weighted by Gasteiger charge is 2.24. The number of halogens is 1. The summed E-state index contributed by atoms with van der Waals surface area (Å²) in [5.41, 5.74) is 0.906. The van der Waals surface area contributed by atoms with E-state index in [2.05, 4.69) is 27.8 Å². The van der Waals surface area contributed by atoms with Crippen molar-refractivity contribution < 1.29 is 14.3 Å². The van der Waals surface area contributed by atoms with Gasteiger partial charge in [0.1, 0.15) is 0 Å². The molecule has 1 aromatic rings. The number of amides is 1. The second-order valence-electron chi connectivity index (χ2n) is 5.40. The minimum atomic E-state index is -0.195. The molecule has 2 rings (SSSR count). The number of likely N-dealkylation sites (tertiary alicyclic amines) is 1. The Kier molecular flexibility index (Phi) is 7.12. The Bertz CT molecular complexity index is 476. The van der Waals surface area contributed by atoms with Crippen LogP contribution < -0.4 is 0 Å². The van der Waals surface area contributed by atoms with Crippen molar-refractivity contribution in [3.63, 3.8) is 0 Å². The smallest absolute Gasteiger partial charge is 0.409 e. The highest BCUT2D eigenvalue weighted by Crippen LogP contribution is 2.19. The number of nitrogens with zero attached hydrogens (tertiary/aromatic N) is 2. The quantitative estimate of drug-likeness (QED) is 0.715. The van der Waals surface area contributed by atoms with Gasteiger partial charge in [-0.3, -0.25) is 4.98 Å². The molecule has 5 nitrogen and oxygen atoms in total. The molecule has 1 aliphatic rings. The van der Waals surface area contributed by atoms with Crippen molar-refractivity contribution in [1.82, 2.24) is 9.88 Å². The SMILES string of the molecule is CCCCOC(=O)N1CCC(OCc2ncccc2Br)CC1. The van der Waals surface area contributed by atoms with Gasteiger partial charge in [0.2, 0.25) is 0 Å². The molecule has 0 spiro atoms. The first-order valence-electron chi connectivity index (χ1n) is 7.83. The lowest BCUT2D eigenvalue weighted by atomic mass is 10.1. The molecule has 0 aliphatic carbocycles. The highest BCUT2D eigenvalue weighted by atomic mass is 79.9. The monoisotopic (exact) mass is 370 g/mol. The zero-order valence-corrected chi connectivity index (χ0v) is 14.5. The summed E-state index contributed by atoms with van der Waals surface area (Å²) in [7, 11) is 0. The number of ether oxygens (including phenoxy) is 2. The number of carbonyl (C=O) groups is 1. The van der Waals surface area contributed by atoms with Gasteiger partial charge in [-0.25, -0.2) is 4.79 Å². The minimum Gasteiger partial charge on any atom is -0.449 e. The zero-order chi connectivity index (χ0) is 15.8. The molecule has 0 aromatic carbocycles. The molecule has 1 amide bonds. The molecule has 0 atom stereocenters. The first-order valence-corrected chi connectivity index (χ1v) is 8.62. The molecule has 22 heavy (non-hydrogen) atoms. The average molecular weight is 371 g/mol. The Morgan fingerprint density at radius 1 is 1.45 bits per heavy atom. The zero-order valence-electron chi connectivity index (χ0n) is 13.0. The summed E-state index contributed by atoms with van der Waals surface area (Å²) in [4.78, 5) is 17.9. The predicted octanol–water partition coefficient (Wildman–Crippen LogP) is 3.76. The summed E-state index contributed by atoms with van der Waals surface area (Å²) < 4.78 is 12.1. The number of piperidine rings is 1. The molecule has 0 saturated carbocycles. The Hall–Kier alpha value is -1.14. The van der Waals surface area contributed by atoms with Gasteiger partial charge in [0.05, 0.1) is 25.0 Å². The van der Waals surface area contributed by atoms with Crippen LogP contribution >= 0.6 is 15.9 Å². The second-order valence-corrected chi connectivity index (χ2v) is 6.25. The van der Waals surface area contributed by atoms with Crippen molar-refractivity contribution in [3.8, 4) is 0 Å². The van der Waals surface area contributed by atoms with E-state index in [0.717, 1.165) is 35.8 Å². The van der Waals surface area contributed by atoms with Crippen LogP contribution in [0.3, 0.4) is 0 Å². The van der Waals surface area contributed by atoms with Gasteiger partial charge in [-0.1, -0.05) is 13.3 Å². The fraction of sp³-hybridized carbons (Fsp3) is 0.625. The standard InChI is InChI=1S/C16H23BrN2O3/c1-2-3-11-21-16(20)19-9-6-13(7-10-19)22-12-15-14(17)5-4-8-18-15/h4-5,8,13H,2-3,6-7,9-12H2,1H3. The summed E-state index contributed by atoms with van der Waals surface area (Å²) >= 11 is 3.47. The van der Waals surface area contributed by atoms with E-state index in [9.17, 15) is 4.79 Å². The molecule has 122 valence electrons. The highest BCUT2D eigenvalue weighted by molar-refractivity contribution is 9.10. The summed E-state index contributed by atoms with van der Waals surface area (Å²) in [5.74, 6) is 0. The van der Waals surface area contributed by atoms with Crippen molar-refractivity contribution in [1.29, 1.82) is 0 Å². The van der Waals surface area contributed by atoms with E-state index in [1.807, 2.05) is 12.1 Å². The summed E-state index contributed by atoms with van der Waals surface area (Å²) in [5, 5.41) is 0. The van der Waals surface area contributed by atoms with E-state index >= 15 is 0 Å². The molecular weight excluding hydrogens is 348 g/mol. The maximum Gasteiger partial charge on any atom is 0.409 e. The average Bonchev–Trinajstić information content (AvgIpc) is 2.55. The van der Waals surface area contributed by atoms with Crippen molar-refractivity contribution in [3.05, 3.63) is 28.5 Å². The lowest BCUT2D eigenvalue weighted by Crippen LogP contribution is -2.41. The van der Waals surface area contributed by atoms with Crippen LogP contribution in [0.4, 0.5) is 4.79 Å². The molecule has 0 bridgehead atoms. The van der Waals surface area contributed by atoms with Crippen molar-refractivity contribution in [2.24, 2.45) is 0 Å². The molecule has 6 heteroatoms. The predicted molar refractivity (Wildman–Crippen MR) is 87.6 cm³/mol. The van der Waals surface area contributed by atoms with Crippen LogP contribution in [-0.4, -0.2) is 41.8 Å². The van der Waals surface area contributed by atoms with E-state index in [1.54, 1.807) is 11.1 Å². The number of pyridine rings is 1. The minimum absolute atomic E-state index is 0.175. The lowest BCUT2D eigenvalue weighted by Gasteiger charge is -2.31. The maximum atomic E-state index is 11.9. The normalized spacial score (nSPS) is 15.8. The van der Waals surface area contributed by atoms with Crippen molar-refractivity contribution >= 4 is 22.0 Å². The Balaban J connectivity index is 1.69. The van der Waals surface area contributed by atoms with Crippen LogP contribution in [0.5, 0.6) is 0 Å². The lowest BCUT2D eigenvalue weighted by molar-refractivity contribution is -0.00471. The van der Waals surface area contributed by atoms with Crippen LogP contribution in [0.2, 0.25) is 0 Å².